The lowest BCUT2D eigenvalue weighted by molar-refractivity contribution is 0.0642. The summed E-state index contributed by atoms with van der Waals surface area (Å²) < 4.78 is 40.6. The molecule has 1 aliphatic heterocycles. The molecule has 2 heterocycles. The molecule has 1 saturated heterocycles. The van der Waals surface area contributed by atoms with E-state index in [1.807, 2.05) is 0 Å². The van der Waals surface area contributed by atoms with Crippen molar-refractivity contribution in [2.45, 2.75) is 19.8 Å². The van der Waals surface area contributed by atoms with Gasteiger partial charge in [0.1, 0.15) is 23.1 Å². The zero-order valence-electron chi connectivity index (χ0n) is 14.0. The monoisotopic (exact) mass is 363 g/mol. The maximum Gasteiger partial charge on any atom is 0.274 e. The van der Waals surface area contributed by atoms with Crippen molar-refractivity contribution >= 4 is 11.7 Å². The maximum atomic E-state index is 13.8. The highest BCUT2D eigenvalue weighted by Gasteiger charge is 2.31. The van der Waals surface area contributed by atoms with E-state index in [1.165, 1.54) is 17.3 Å². The van der Waals surface area contributed by atoms with Gasteiger partial charge in [-0.25, -0.2) is 18.2 Å². The molecule has 0 radical (unpaired) electrons. The topological polar surface area (TPSA) is 63.2 Å². The van der Waals surface area contributed by atoms with Gasteiger partial charge in [-0.15, -0.1) is 0 Å². The number of ketones is 1. The molecule has 5 nitrogen and oxygen atoms in total. The van der Waals surface area contributed by atoms with Crippen LogP contribution in [0.4, 0.5) is 13.2 Å². The van der Waals surface area contributed by atoms with Gasteiger partial charge in [-0.2, -0.15) is 0 Å². The van der Waals surface area contributed by atoms with Crippen molar-refractivity contribution in [3.05, 3.63) is 58.9 Å². The predicted octanol–water partition coefficient (Wildman–Crippen LogP) is 2.94. The van der Waals surface area contributed by atoms with E-state index >= 15 is 0 Å². The molecule has 1 aromatic heterocycles. The van der Waals surface area contributed by atoms with Crippen molar-refractivity contribution in [2.24, 2.45) is 5.92 Å². The molecule has 1 aromatic carbocycles. The highest BCUT2D eigenvalue weighted by atomic mass is 19.1. The average molecular weight is 363 g/mol. The number of hydrogen-bond acceptors (Lipinski definition) is 4. The predicted molar refractivity (Wildman–Crippen MR) is 86.0 cm³/mol. The molecule has 1 amide bonds. The first-order chi connectivity index (χ1) is 12.4. The SMILES string of the molecule is Cc1cnc(C(=O)N2CCC(C(=O)c3c(F)cc(F)cc3F)CC2)cn1. The van der Waals surface area contributed by atoms with E-state index in [4.69, 9.17) is 0 Å². The number of carbonyl (C=O) groups is 2. The fourth-order valence-electron chi connectivity index (χ4n) is 2.99. The summed E-state index contributed by atoms with van der Waals surface area (Å²) in [7, 11) is 0. The van der Waals surface area contributed by atoms with E-state index in [-0.39, 0.29) is 37.5 Å². The van der Waals surface area contributed by atoms with Gasteiger partial charge in [0.05, 0.1) is 17.5 Å². The van der Waals surface area contributed by atoms with E-state index in [0.717, 1.165) is 0 Å². The summed E-state index contributed by atoms with van der Waals surface area (Å²) in [5, 5.41) is 0. The van der Waals surface area contributed by atoms with Gasteiger partial charge in [0.15, 0.2) is 5.78 Å². The van der Waals surface area contributed by atoms with Crippen LogP contribution in [0.15, 0.2) is 24.5 Å². The summed E-state index contributed by atoms with van der Waals surface area (Å²) in [5.41, 5.74) is 0.172. The molecular formula is C18H16F3N3O2. The van der Waals surface area contributed by atoms with Crippen molar-refractivity contribution in [3.63, 3.8) is 0 Å². The molecule has 8 heteroatoms. The van der Waals surface area contributed by atoms with Crippen LogP contribution >= 0.6 is 0 Å². The quantitative estimate of drug-likeness (QED) is 0.787. The zero-order chi connectivity index (χ0) is 18.8. The molecule has 1 aliphatic rings. The van der Waals surface area contributed by atoms with Crippen LogP contribution in [0.3, 0.4) is 0 Å². The molecular weight excluding hydrogens is 347 g/mol. The first-order valence-corrected chi connectivity index (χ1v) is 8.13. The third-order valence-electron chi connectivity index (χ3n) is 4.41. The van der Waals surface area contributed by atoms with Gasteiger partial charge in [-0.1, -0.05) is 0 Å². The molecule has 26 heavy (non-hydrogen) atoms. The summed E-state index contributed by atoms with van der Waals surface area (Å²) in [6.45, 7) is 2.27. The van der Waals surface area contributed by atoms with Crippen LogP contribution in [0.5, 0.6) is 0 Å². The standard InChI is InChI=1S/C18H16F3N3O2/c1-10-8-23-15(9-22-10)18(26)24-4-2-11(3-5-24)17(25)16-13(20)6-12(19)7-14(16)21/h6-9,11H,2-5H2,1H3. The number of benzene rings is 1. The zero-order valence-corrected chi connectivity index (χ0v) is 14.0. The smallest absolute Gasteiger partial charge is 0.274 e. The van der Waals surface area contributed by atoms with Crippen LogP contribution in [0.2, 0.25) is 0 Å². The van der Waals surface area contributed by atoms with E-state index in [0.29, 0.717) is 17.8 Å². The Hall–Kier alpha value is -2.77. The Labute approximate surface area is 147 Å². The minimum atomic E-state index is -1.21. The molecule has 0 aliphatic carbocycles. The lowest BCUT2D eigenvalue weighted by atomic mass is 9.88. The summed E-state index contributed by atoms with van der Waals surface area (Å²) in [6.07, 6.45) is 3.40. The Bertz CT molecular complexity index is 824. The molecule has 0 spiro atoms. The number of aryl methyl sites for hydroxylation is 1. The van der Waals surface area contributed by atoms with Crippen molar-refractivity contribution < 1.29 is 22.8 Å². The number of likely N-dealkylation sites (tertiary alicyclic amines) is 1. The highest BCUT2D eigenvalue weighted by molar-refractivity contribution is 5.98. The highest BCUT2D eigenvalue weighted by Crippen LogP contribution is 2.26. The second-order valence-corrected chi connectivity index (χ2v) is 6.22. The fraction of sp³-hybridized carbons (Fsp3) is 0.333. The largest absolute Gasteiger partial charge is 0.337 e. The second-order valence-electron chi connectivity index (χ2n) is 6.22. The molecule has 2 aromatic rings. The van der Waals surface area contributed by atoms with E-state index < -0.39 is 34.7 Å². The number of halogens is 3. The van der Waals surface area contributed by atoms with E-state index in [9.17, 15) is 22.8 Å². The normalized spacial score (nSPS) is 15.2. The van der Waals surface area contributed by atoms with Crippen LogP contribution < -0.4 is 0 Å². The van der Waals surface area contributed by atoms with Gasteiger partial charge < -0.3 is 4.90 Å². The van der Waals surface area contributed by atoms with Gasteiger partial charge in [0.25, 0.3) is 5.91 Å². The number of carbonyl (C=O) groups excluding carboxylic acids is 2. The maximum absolute atomic E-state index is 13.8. The fourth-order valence-corrected chi connectivity index (χ4v) is 2.99. The Morgan fingerprint density at radius 3 is 2.19 bits per heavy atom. The van der Waals surface area contributed by atoms with Crippen LogP contribution in [-0.4, -0.2) is 39.6 Å². The van der Waals surface area contributed by atoms with E-state index in [1.54, 1.807) is 6.92 Å². The van der Waals surface area contributed by atoms with Gasteiger partial charge in [0, 0.05) is 37.3 Å². The molecule has 0 N–H and O–H groups in total. The van der Waals surface area contributed by atoms with Crippen molar-refractivity contribution in [1.29, 1.82) is 0 Å². The summed E-state index contributed by atoms with van der Waals surface area (Å²) >= 11 is 0. The lowest BCUT2D eigenvalue weighted by Gasteiger charge is -2.31. The summed E-state index contributed by atoms with van der Waals surface area (Å²) in [4.78, 5) is 34.4. The van der Waals surface area contributed by atoms with Gasteiger partial charge >= 0.3 is 0 Å². The molecule has 0 saturated carbocycles. The van der Waals surface area contributed by atoms with Crippen LogP contribution in [0.1, 0.15) is 39.4 Å². The number of hydrogen-bond donors (Lipinski definition) is 0. The Morgan fingerprint density at radius 2 is 1.65 bits per heavy atom. The Morgan fingerprint density at radius 1 is 1.04 bits per heavy atom. The second kappa shape index (κ2) is 7.23. The van der Waals surface area contributed by atoms with Crippen LogP contribution in [-0.2, 0) is 0 Å². The van der Waals surface area contributed by atoms with Crippen molar-refractivity contribution in [1.82, 2.24) is 14.9 Å². The first kappa shape index (κ1) is 18.0. The number of nitrogens with zero attached hydrogens (tertiary/aromatic N) is 3. The first-order valence-electron chi connectivity index (χ1n) is 8.13. The van der Waals surface area contributed by atoms with Crippen LogP contribution in [0, 0.1) is 30.3 Å². The number of Topliss-reactive ketones (excluding diaryl/α,β-unsaturated/α-hetero) is 1. The van der Waals surface area contributed by atoms with Gasteiger partial charge in [0.2, 0.25) is 0 Å². The van der Waals surface area contributed by atoms with E-state index in [2.05, 4.69) is 9.97 Å². The lowest BCUT2D eigenvalue weighted by Crippen LogP contribution is -2.40. The number of amides is 1. The molecule has 0 bridgehead atoms. The van der Waals surface area contributed by atoms with Crippen molar-refractivity contribution in [2.75, 3.05) is 13.1 Å². The minimum Gasteiger partial charge on any atom is -0.337 e. The number of piperidine rings is 1. The average Bonchev–Trinajstić information content (AvgIpc) is 2.61. The summed E-state index contributed by atoms with van der Waals surface area (Å²) in [6, 6.07) is 0.982. The molecule has 0 unspecified atom stereocenters. The molecule has 1 fully saturated rings. The minimum absolute atomic E-state index is 0.205. The molecule has 3 rings (SSSR count). The molecule has 136 valence electrons. The third-order valence-corrected chi connectivity index (χ3v) is 4.41. The summed E-state index contributed by atoms with van der Waals surface area (Å²) in [5.74, 6) is -5.12. The number of aromatic nitrogens is 2. The van der Waals surface area contributed by atoms with Crippen LogP contribution in [0.25, 0.3) is 0 Å². The third kappa shape index (κ3) is 3.58. The molecule has 0 atom stereocenters. The van der Waals surface area contributed by atoms with Gasteiger partial charge in [-0.05, 0) is 19.8 Å². The number of rotatable bonds is 3. The Balaban J connectivity index is 1.68. The Kier molecular flexibility index (Phi) is 5.01. The van der Waals surface area contributed by atoms with Crippen molar-refractivity contribution in [3.8, 4) is 0 Å². The van der Waals surface area contributed by atoms with Gasteiger partial charge in [-0.3, -0.25) is 14.6 Å².